The largest absolute Gasteiger partial charge is 0.416 e. The molecule has 0 aliphatic carbocycles. The Bertz CT molecular complexity index is 1620. The standard InChI is InChI=1S/C31H32F3N7O/c1-20-39-30(19-40-14-11-36-12-15-40,28-29(35)37-13-16-41(20)28)26-10-9-21(24-7-2-3-8-25(24)26)17-27(42)38-23-6-4-5-22(18-23)31(32,33)34/h2-10,13,16,18,36-37H,11-12,14-15,17,19,35H2,1H3,(H,38,42). The molecule has 11 heteroatoms. The average Bonchev–Trinajstić information content (AvgIpc) is 3.26. The summed E-state index contributed by atoms with van der Waals surface area (Å²) in [6.45, 7) is 6.10. The van der Waals surface area contributed by atoms with Crippen molar-refractivity contribution in [3.8, 4) is 0 Å². The van der Waals surface area contributed by atoms with Crippen LogP contribution in [0.25, 0.3) is 10.8 Å². The van der Waals surface area contributed by atoms with Crippen LogP contribution in [0.4, 0.5) is 18.9 Å². The molecular weight excluding hydrogens is 543 g/mol. The first-order chi connectivity index (χ1) is 20.2. The highest BCUT2D eigenvalue weighted by Gasteiger charge is 2.48. The summed E-state index contributed by atoms with van der Waals surface area (Å²) in [5.41, 5.74) is 7.67. The average molecular weight is 576 g/mol. The Labute approximate surface area is 241 Å². The van der Waals surface area contributed by atoms with Crippen LogP contribution in [0.2, 0.25) is 0 Å². The van der Waals surface area contributed by atoms with E-state index in [1.165, 1.54) is 12.1 Å². The summed E-state index contributed by atoms with van der Waals surface area (Å²) < 4.78 is 39.5. The zero-order chi connectivity index (χ0) is 29.5. The van der Waals surface area contributed by atoms with Crippen LogP contribution in [0.1, 0.15) is 23.6 Å². The van der Waals surface area contributed by atoms with Gasteiger partial charge in [-0.25, -0.2) is 0 Å². The molecule has 0 aromatic heterocycles. The smallest absolute Gasteiger partial charge is 0.384 e. The Morgan fingerprint density at radius 3 is 2.60 bits per heavy atom. The van der Waals surface area contributed by atoms with E-state index in [1.54, 1.807) is 6.20 Å². The number of carbonyl (C=O) groups is 1. The van der Waals surface area contributed by atoms with E-state index in [2.05, 4.69) is 20.9 Å². The van der Waals surface area contributed by atoms with E-state index in [-0.39, 0.29) is 12.1 Å². The van der Waals surface area contributed by atoms with E-state index in [9.17, 15) is 18.0 Å². The number of fused-ring (bicyclic) bond motifs is 2. The maximum absolute atomic E-state index is 13.2. The van der Waals surface area contributed by atoms with Crippen molar-refractivity contribution in [2.75, 3.05) is 38.0 Å². The van der Waals surface area contributed by atoms with Gasteiger partial charge in [-0.1, -0.05) is 42.5 Å². The Balaban J connectivity index is 1.39. The van der Waals surface area contributed by atoms with Crippen molar-refractivity contribution >= 4 is 28.2 Å². The molecule has 3 aliphatic heterocycles. The first-order valence-electron chi connectivity index (χ1n) is 13.9. The summed E-state index contributed by atoms with van der Waals surface area (Å²) in [6, 6.07) is 16.4. The molecular formula is C31H32F3N7O. The zero-order valence-corrected chi connectivity index (χ0v) is 23.1. The lowest BCUT2D eigenvalue weighted by atomic mass is 9.81. The third-order valence-electron chi connectivity index (χ3n) is 8.00. The van der Waals surface area contributed by atoms with E-state index < -0.39 is 23.2 Å². The van der Waals surface area contributed by atoms with Crippen molar-refractivity contribution in [2.24, 2.45) is 10.7 Å². The predicted octanol–water partition coefficient (Wildman–Crippen LogP) is 4.08. The molecule has 0 spiro atoms. The zero-order valence-electron chi connectivity index (χ0n) is 23.1. The fraction of sp³-hybridized carbons (Fsp3) is 0.290. The molecule has 0 saturated carbocycles. The summed E-state index contributed by atoms with van der Waals surface area (Å²) in [6.07, 6.45) is -0.778. The van der Waals surface area contributed by atoms with Crippen LogP contribution in [0.3, 0.4) is 0 Å². The molecule has 1 atom stereocenters. The molecule has 1 saturated heterocycles. The van der Waals surface area contributed by atoms with Crippen molar-refractivity contribution in [1.29, 1.82) is 0 Å². The SMILES string of the molecule is CC1=NC(CN2CCNCC2)(c2ccc(CC(=O)Nc3cccc(C(F)(F)F)c3)c3ccccc23)C2=C(N)NC=CN12. The number of anilines is 1. The van der Waals surface area contributed by atoms with Crippen LogP contribution < -0.4 is 21.7 Å². The first-order valence-corrected chi connectivity index (χ1v) is 13.9. The van der Waals surface area contributed by atoms with E-state index in [4.69, 9.17) is 10.7 Å². The van der Waals surface area contributed by atoms with Gasteiger partial charge in [0, 0.05) is 50.8 Å². The van der Waals surface area contributed by atoms with E-state index in [0.717, 1.165) is 71.7 Å². The normalized spacial score (nSPS) is 20.9. The third kappa shape index (κ3) is 5.10. The monoisotopic (exact) mass is 575 g/mol. The van der Waals surface area contributed by atoms with Gasteiger partial charge in [-0.3, -0.25) is 14.7 Å². The minimum atomic E-state index is -4.49. The van der Waals surface area contributed by atoms with Crippen molar-refractivity contribution in [3.63, 3.8) is 0 Å². The minimum Gasteiger partial charge on any atom is -0.384 e. The number of benzene rings is 3. The molecule has 3 aliphatic rings. The molecule has 6 rings (SSSR count). The van der Waals surface area contributed by atoms with Gasteiger partial charge in [-0.05, 0) is 47.0 Å². The highest BCUT2D eigenvalue weighted by molar-refractivity contribution is 5.98. The lowest BCUT2D eigenvalue weighted by Crippen LogP contribution is -2.50. The maximum atomic E-state index is 13.2. The number of halogens is 3. The summed E-state index contributed by atoms with van der Waals surface area (Å²) in [5.74, 6) is 0.952. The third-order valence-corrected chi connectivity index (χ3v) is 8.00. The van der Waals surface area contributed by atoms with Gasteiger partial charge in [0.1, 0.15) is 17.2 Å². The number of aliphatic imine (C=N–C) groups is 1. The van der Waals surface area contributed by atoms with E-state index >= 15 is 0 Å². The Hall–Kier alpha value is -4.35. The maximum Gasteiger partial charge on any atom is 0.416 e. The van der Waals surface area contributed by atoms with Crippen LogP contribution in [0.15, 0.2) is 89.6 Å². The summed E-state index contributed by atoms with van der Waals surface area (Å²) in [7, 11) is 0. The van der Waals surface area contributed by atoms with Gasteiger partial charge >= 0.3 is 6.18 Å². The highest BCUT2D eigenvalue weighted by Crippen LogP contribution is 2.46. The van der Waals surface area contributed by atoms with Crippen LogP contribution in [0, 0.1) is 0 Å². The number of amides is 1. The molecule has 0 radical (unpaired) electrons. The molecule has 0 bridgehead atoms. The van der Waals surface area contributed by atoms with Gasteiger partial charge in [0.25, 0.3) is 0 Å². The number of rotatable bonds is 6. The molecule has 3 heterocycles. The quantitative estimate of drug-likeness (QED) is 0.354. The van der Waals surface area contributed by atoms with E-state index in [1.807, 2.05) is 54.4 Å². The number of piperazine rings is 1. The van der Waals surface area contributed by atoms with E-state index in [0.29, 0.717) is 12.4 Å². The number of nitrogens with one attached hydrogen (secondary N) is 3. The van der Waals surface area contributed by atoms with Crippen molar-refractivity contribution in [2.45, 2.75) is 25.1 Å². The predicted molar refractivity (Wildman–Crippen MR) is 157 cm³/mol. The topological polar surface area (TPSA) is 98.0 Å². The van der Waals surface area contributed by atoms with Crippen LogP contribution >= 0.6 is 0 Å². The fourth-order valence-corrected chi connectivity index (χ4v) is 6.15. The van der Waals surface area contributed by atoms with Crippen LogP contribution in [-0.4, -0.2) is 54.3 Å². The molecule has 3 aromatic rings. The second-order valence-electron chi connectivity index (χ2n) is 10.8. The number of amidine groups is 1. The summed E-state index contributed by atoms with van der Waals surface area (Å²) >= 11 is 0. The molecule has 3 aromatic carbocycles. The van der Waals surface area contributed by atoms with Gasteiger partial charge in [-0.15, -0.1) is 0 Å². The number of nitrogens with zero attached hydrogens (tertiary/aromatic N) is 3. The number of alkyl halides is 3. The number of hydrogen-bond acceptors (Lipinski definition) is 7. The van der Waals surface area contributed by atoms with Crippen molar-refractivity contribution in [3.05, 3.63) is 101 Å². The van der Waals surface area contributed by atoms with Crippen LogP contribution in [0.5, 0.6) is 0 Å². The summed E-state index contributed by atoms with van der Waals surface area (Å²) in [5, 5.41) is 11.0. The highest BCUT2D eigenvalue weighted by atomic mass is 19.4. The molecule has 42 heavy (non-hydrogen) atoms. The van der Waals surface area contributed by atoms with Gasteiger partial charge in [0.2, 0.25) is 5.91 Å². The number of hydrogen-bond donors (Lipinski definition) is 4. The van der Waals surface area contributed by atoms with Gasteiger partial charge in [0.15, 0.2) is 0 Å². The molecule has 8 nitrogen and oxygen atoms in total. The molecule has 218 valence electrons. The minimum absolute atomic E-state index is 0.00855. The second kappa shape index (κ2) is 10.8. The Morgan fingerprint density at radius 2 is 1.83 bits per heavy atom. The number of carbonyl (C=O) groups excluding carboxylic acids is 1. The lowest BCUT2D eigenvalue weighted by molar-refractivity contribution is -0.137. The summed E-state index contributed by atoms with van der Waals surface area (Å²) in [4.78, 5) is 22.8. The Kier molecular flexibility index (Phi) is 7.15. The van der Waals surface area contributed by atoms with Gasteiger partial charge in [0.05, 0.1) is 17.7 Å². The second-order valence-corrected chi connectivity index (χ2v) is 10.8. The van der Waals surface area contributed by atoms with Gasteiger partial charge in [-0.2, -0.15) is 13.2 Å². The lowest BCUT2D eigenvalue weighted by Gasteiger charge is -2.39. The molecule has 1 unspecified atom stereocenters. The Morgan fingerprint density at radius 1 is 1.07 bits per heavy atom. The van der Waals surface area contributed by atoms with Crippen molar-refractivity contribution in [1.82, 2.24) is 20.4 Å². The first kappa shape index (κ1) is 27.8. The molecule has 5 N–H and O–H groups in total. The van der Waals surface area contributed by atoms with Gasteiger partial charge < -0.3 is 26.6 Å². The molecule has 1 fully saturated rings. The van der Waals surface area contributed by atoms with Crippen LogP contribution in [-0.2, 0) is 22.9 Å². The van der Waals surface area contributed by atoms with Crippen molar-refractivity contribution < 1.29 is 18.0 Å². The number of nitrogens with two attached hydrogens (primary N) is 1. The fourth-order valence-electron chi connectivity index (χ4n) is 6.15. The molecule has 1 amide bonds.